The van der Waals surface area contributed by atoms with Crippen LogP contribution in [-0.4, -0.2) is 49.1 Å². The highest BCUT2D eigenvalue weighted by Gasteiger charge is 2.62. The largest absolute Gasteiger partial charge is 0.372 e. The van der Waals surface area contributed by atoms with E-state index in [-0.39, 0.29) is 12.6 Å². The smallest absolute Gasteiger partial charge is 0.323 e. The average molecular weight is 199 g/mol. The third kappa shape index (κ3) is 1.65. The Bertz CT molecular complexity index is 201. The van der Waals surface area contributed by atoms with Crippen molar-refractivity contribution in [3.63, 3.8) is 0 Å². The minimum Gasteiger partial charge on any atom is -0.372 e. The Morgan fingerprint density at radius 1 is 1.15 bits per heavy atom. The zero-order chi connectivity index (χ0) is 9.69. The Labute approximate surface area is 72.5 Å². The van der Waals surface area contributed by atoms with E-state index in [1.807, 2.05) is 0 Å². The van der Waals surface area contributed by atoms with E-state index < -0.39 is 24.9 Å². The summed E-state index contributed by atoms with van der Waals surface area (Å²) in [7, 11) is 0. The van der Waals surface area contributed by atoms with Crippen LogP contribution in [0.3, 0.4) is 0 Å². The molecule has 2 aliphatic heterocycles. The van der Waals surface area contributed by atoms with Crippen LogP contribution in [0.1, 0.15) is 0 Å². The van der Waals surface area contributed by atoms with Gasteiger partial charge in [-0.3, -0.25) is 4.90 Å². The minimum atomic E-state index is -3.89. The minimum absolute atomic E-state index is 0.121. The van der Waals surface area contributed by atoms with Gasteiger partial charge in [0.15, 0.2) is 0 Å². The van der Waals surface area contributed by atoms with E-state index in [1.165, 1.54) is 0 Å². The van der Waals surface area contributed by atoms with E-state index in [0.29, 0.717) is 6.61 Å². The van der Waals surface area contributed by atoms with Crippen molar-refractivity contribution in [1.29, 1.82) is 0 Å². The Morgan fingerprint density at radius 2 is 1.62 bits per heavy atom. The number of halogens is 4. The quantitative estimate of drug-likeness (QED) is 0.486. The summed E-state index contributed by atoms with van der Waals surface area (Å²) in [5.41, 5.74) is 0. The fourth-order valence-electron chi connectivity index (χ4n) is 1.44. The zero-order valence-electron chi connectivity index (χ0n) is 6.77. The van der Waals surface area contributed by atoms with Crippen LogP contribution in [0.4, 0.5) is 17.6 Å². The van der Waals surface area contributed by atoms with E-state index in [1.54, 1.807) is 0 Å². The first-order valence-corrected chi connectivity index (χ1v) is 4.00. The zero-order valence-corrected chi connectivity index (χ0v) is 6.77. The molecule has 0 aromatic carbocycles. The predicted octanol–water partition coefficient (Wildman–Crippen LogP) is 0.971. The third-order valence-electron chi connectivity index (χ3n) is 2.24. The van der Waals surface area contributed by atoms with Gasteiger partial charge in [-0.15, -0.1) is 0 Å². The van der Waals surface area contributed by atoms with Gasteiger partial charge in [-0.1, -0.05) is 0 Å². The maximum absolute atomic E-state index is 12.6. The molecule has 0 aliphatic carbocycles. The van der Waals surface area contributed by atoms with Gasteiger partial charge in [0.2, 0.25) is 0 Å². The first-order chi connectivity index (χ1) is 5.91. The Morgan fingerprint density at radius 3 is 2.00 bits per heavy atom. The average Bonchev–Trinajstić information content (AvgIpc) is 2.64. The van der Waals surface area contributed by atoms with Gasteiger partial charge in [-0.25, -0.2) is 0 Å². The molecule has 2 fully saturated rings. The highest BCUT2D eigenvalue weighted by atomic mass is 19.3. The summed E-state index contributed by atoms with van der Waals surface area (Å²) >= 11 is 0. The molecule has 0 N–H and O–H groups in total. The lowest BCUT2D eigenvalue weighted by Gasteiger charge is -2.15. The molecular formula is C7H9F4NO. The maximum Gasteiger partial charge on any atom is 0.323 e. The third-order valence-corrected chi connectivity index (χ3v) is 2.24. The van der Waals surface area contributed by atoms with Crippen LogP contribution in [0.2, 0.25) is 0 Å². The van der Waals surface area contributed by atoms with Gasteiger partial charge in [0.05, 0.1) is 25.8 Å². The molecule has 0 saturated carbocycles. The van der Waals surface area contributed by atoms with Crippen LogP contribution in [0.25, 0.3) is 0 Å². The number of rotatable bonds is 2. The molecule has 0 aromatic heterocycles. The number of nitrogens with zero attached hydrogens (tertiary/aromatic N) is 1. The van der Waals surface area contributed by atoms with Crippen molar-refractivity contribution in [1.82, 2.24) is 4.90 Å². The van der Waals surface area contributed by atoms with Gasteiger partial charge in [0.25, 0.3) is 0 Å². The topological polar surface area (TPSA) is 15.8 Å². The van der Waals surface area contributed by atoms with E-state index in [2.05, 4.69) is 0 Å². The van der Waals surface area contributed by atoms with Crippen molar-refractivity contribution in [2.45, 2.75) is 17.9 Å². The Hall–Kier alpha value is -0.360. The normalized spacial score (nSPS) is 36.5. The lowest BCUT2D eigenvalue weighted by atomic mass is 10.2. The van der Waals surface area contributed by atoms with Gasteiger partial charge in [-0.05, 0) is 0 Å². The van der Waals surface area contributed by atoms with Crippen molar-refractivity contribution >= 4 is 0 Å². The standard InChI is InChI=1S/C7H9F4NO/c8-6(9)3-12(1-5-2-13-5)4-7(6,10)11/h5H,1-4H2/t5-/m0/s1. The second-order valence-corrected chi connectivity index (χ2v) is 3.53. The van der Waals surface area contributed by atoms with Crippen LogP contribution in [0.5, 0.6) is 0 Å². The van der Waals surface area contributed by atoms with Gasteiger partial charge in [-0.2, -0.15) is 17.6 Å². The van der Waals surface area contributed by atoms with Crippen molar-refractivity contribution in [3.05, 3.63) is 0 Å². The molecule has 13 heavy (non-hydrogen) atoms. The molecule has 0 bridgehead atoms. The molecule has 0 unspecified atom stereocenters. The van der Waals surface area contributed by atoms with Crippen LogP contribution in [-0.2, 0) is 4.74 Å². The summed E-state index contributed by atoms with van der Waals surface area (Å²) in [5.74, 6) is -7.77. The monoisotopic (exact) mass is 199 g/mol. The lowest BCUT2D eigenvalue weighted by Crippen LogP contribution is -2.38. The number of likely N-dealkylation sites (tertiary alicyclic amines) is 1. The first-order valence-electron chi connectivity index (χ1n) is 4.00. The SMILES string of the molecule is FC1(F)CN(C[C@H]2CO2)CC1(F)F. The van der Waals surface area contributed by atoms with Gasteiger partial charge in [0.1, 0.15) is 0 Å². The maximum atomic E-state index is 12.6. The number of ether oxygens (including phenoxy) is 1. The number of hydrogen-bond acceptors (Lipinski definition) is 2. The van der Waals surface area contributed by atoms with Crippen molar-refractivity contribution in [3.8, 4) is 0 Å². The van der Waals surface area contributed by atoms with E-state index >= 15 is 0 Å². The second-order valence-electron chi connectivity index (χ2n) is 3.53. The first kappa shape index (κ1) is 9.21. The number of alkyl halides is 4. The molecular weight excluding hydrogens is 190 g/mol. The number of epoxide rings is 1. The van der Waals surface area contributed by atoms with Crippen LogP contribution < -0.4 is 0 Å². The molecule has 1 atom stereocenters. The van der Waals surface area contributed by atoms with Crippen LogP contribution in [0, 0.1) is 0 Å². The highest BCUT2D eigenvalue weighted by Crippen LogP contribution is 2.41. The van der Waals surface area contributed by atoms with Crippen molar-refractivity contribution in [2.75, 3.05) is 26.2 Å². The van der Waals surface area contributed by atoms with Crippen LogP contribution in [0.15, 0.2) is 0 Å². The second kappa shape index (κ2) is 2.57. The summed E-state index contributed by atoms with van der Waals surface area (Å²) in [6.45, 7) is -1.04. The van der Waals surface area contributed by atoms with E-state index in [4.69, 9.17) is 4.74 Å². The predicted molar refractivity (Wildman–Crippen MR) is 36.1 cm³/mol. The van der Waals surface area contributed by atoms with Crippen molar-refractivity contribution in [2.24, 2.45) is 0 Å². The molecule has 2 nitrogen and oxygen atoms in total. The summed E-state index contributed by atoms with van der Waals surface area (Å²) in [6.07, 6.45) is -0.121. The Kier molecular flexibility index (Phi) is 1.82. The molecule has 76 valence electrons. The lowest BCUT2D eigenvalue weighted by molar-refractivity contribution is -0.172. The van der Waals surface area contributed by atoms with E-state index in [0.717, 1.165) is 4.90 Å². The summed E-state index contributed by atoms with van der Waals surface area (Å²) in [5, 5.41) is 0. The molecule has 2 saturated heterocycles. The molecule has 0 radical (unpaired) electrons. The van der Waals surface area contributed by atoms with Gasteiger partial charge in [0, 0.05) is 6.54 Å². The molecule has 2 rings (SSSR count). The summed E-state index contributed by atoms with van der Waals surface area (Å²) in [6, 6.07) is 0. The van der Waals surface area contributed by atoms with Gasteiger partial charge >= 0.3 is 11.8 Å². The fourth-order valence-corrected chi connectivity index (χ4v) is 1.44. The van der Waals surface area contributed by atoms with Gasteiger partial charge < -0.3 is 4.74 Å². The molecule has 2 aliphatic rings. The van der Waals surface area contributed by atoms with Crippen molar-refractivity contribution < 1.29 is 22.3 Å². The molecule has 0 aromatic rings. The number of hydrogen-bond donors (Lipinski definition) is 0. The molecule has 0 spiro atoms. The summed E-state index contributed by atoms with van der Waals surface area (Å²) in [4.78, 5) is 1.05. The highest BCUT2D eigenvalue weighted by molar-refractivity contribution is 4.98. The molecule has 2 heterocycles. The summed E-state index contributed by atoms with van der Waals surface area (Å²) < 4.78 is 55.2. The molecule has 6 heteroatoms. The fraction of sp³-hybridized carbons (Fsp3) is 1.00. The van der Waals surface area contributed by atoms with E-state index in [9.17, 15) is 17.6 Å². The Balaban J connectivity index is 1.96. The van der Waals surface area contributed by atoms with Crippen LogP contribution >= 0.6 is 0 Å². The molecule has 0 amide bonds.